The second kappa shape index (κ2) is 7.15. The molecule has 0 amide bonds. The van der Waals surface area contributed by atoms with Crippen molar-refractivity contribution in [2.75, 3.05) is 5.75 Å². The molecule has 3 aromatic rings. The van der Waals surface area contributed by atoms with E-state index in [1.807, 2.05) is 24.3 Å². The zero-order valence-corrected chi connectivity index (χ0v) is 13.1. The first-order valence-electron chi connectivity index (χ1n) is 7.37. The first kappa shape index (κ1) is 14.7. The number of hydrogen-bond acceptors (Lipinski definition) is 3. The third kappa shape index (κ3) is 3.32. The molecule has 3 nitrogen and oxygen atoms in total. The predicted molar refractivity (Wildman–Crippen MR) is 90.8 cm³/mol. The molecule has 1 aromatic heterocycles. The Hall–Kier alpha value is -2.25. The van der Waals surface area contributed by atoms with Gasteiger partial charge in [-0.2, -0.15) is 5.26 Å². The number of nitriles is 1. The van der Waals surface area contributed by atoms with Crippen LogP contribution in [0, 0.1) is 11.3 Å². The molecule has 0 aliphatic heterocycles. The molecule has 0 radical (unpaired) electrons. The van der Waals surface area contributed by atoms with E-state index in [2.05, 4.69) is 41.0 Å². The normalized spacial score (nSPS) is 10.7. The number of imidazole rings is 1. The van der Waals surface area contributed by atoms with Crippen LogP contribution in [0.5, 0.6) is 0 Å². The van der Waals surface area contributed by atoms with Gasteiger partial charge in [0.1, 0.15) is 0 Å². The monoisotopic (exact) mass is 307 g/mol. The Balaban J connectivity index is 1.85. The molecule has 0 atom stereocenters. The lowest BCUT2D eigenvalue weighted by Crippen LogP contribution is -2.03. The van der Waals surface area contributed by atoms with Crippen LogP contribution in [0.2, 0.25) is 0 Å². The average molecular weight is 307 g/mol. The van der Waals surface area contributed by atoms with Gasteiger partial charge in [-0.1, -0.05) is 54.2 Å². The minimum absolute atomic E-state index is 0.548. The molecule has 0 saturated carbocycles. The van der Waals surface area contributed by atoms with Crippen molar-refractivity contribution in [3.63, 3.8) is 0 Å². The Morgan fingerprint density at radius 1 is 1.05 bits per heavy atom. The number of hydrogen-bond donors (Lipinski definition) is 0. The van der Waals surface area contributed by atoms with E-state index in [9.17, 15) is 0 Å². The number of aryl methyl sites for hydroxylation is 2. The summed E-state index contributed by atoms with van der Waals surface area (Å²) in [6.07, 6.45) is 1.53. The van der Waals surface area contributed by atoms with Crippen LogP contribution in [0.1, 0.15) is 12.0 Å². The SMILES string of the molecule is N#CCCSc1nc2ccccc2n1CCc1ccccc1. The molecule has 2 aromatic carbocycles. The van der Waals surface area contributed by atoms with Crippen LogP contribution in [-0.2, 0) is 13.0 Å². The van der Waals surface area contributed by atoms with Gasteiger partial charge in [0, 0.05) is 18.7 Å². The van der Waals surface area contributed by atoms with Crippen molar-refractivity contribution < 1.29 is 0 Å². The van der Waals surface area contributed by atoms with Crippen LogP contribution in [0.4, 0.5) is 0 Å². The average Bonchev–Trinajstić information content (AvgIpc) is 2.92. The van der Waals surface area contributed by atoms with Gasteiger partial charge in [0.25, 0.3) is 0 Å². The second-order valence-electron chi connectivity index (χ2n) is 5.03. The van der Waals surface area contributed by atoms with E-state index in [1.54, 1.807) is 11.8 Å². The highest BCUT2D eigenvalue weighted by Gasteiger charge is 2.10. The third-order valence-corrected chi connectivity index (χ3v) is 4.51. The fourth-order valence-corrected chi connectivity index (χ4v) is 3.34. The predicted octanol–water partition coefficient (Wildman–Crippen LogP) is 4.28. The van der Waals surface area contributed by atoms with Gasteiger partial charge in [-0.15, -0.1) is 0 Å². The number of thioether (sulfide) groups is 1. The van der Waals surface area contributed by atoms with Crippen molar-refractivity contribution in [2.45, 2.75) is 24.5 Å². The fourth-order valence-electron chi connectivity index (χ4n) is 2.45. The van der Waals surface area contributed by atoms with E-state index < -0.39 is 0 Å². The molecular formula is C18H17N3S. The summed E-state index contributed by atoms with van der Waals surface area (Å²) in [6, 6.07) is 20.9. The maximum atomic E-state index is 8.71. The van der Waals surface area contributed by atoms with Gasteiger partial charge in [-0.3, -0.25) is 0 Å². The summed E-state index contributed by atoms with van der Waals surface area (Å²) in [6.45, 7) is 0.902. The van der Waals surface area contributed by atoms with E-state index in [0.717, 1.165) is 34.9 Å². The van der Waals surface area contributed by atoms with Crippen LogP contribution in [0.15, 0.2) is 59.8 Å². The van der Waals surface area contributed by atoms with Crippen LogP contribution in [-0.4, -0.2) is 15.3 Å². The minimum atomic E-state index is 0.548. The van der Waals surface area contributed by atoms with Gasteiger partial charge in [0.05, 0.1) is 17.1 Å². The molecule has 0 saturated heterocycles. The second-order valence-corrected chi connectivity index (χ2v) is 6.09. The van der Waals surface area contributed by atoms with Gasteiger partial charge in [-0.25, -0.2) is 4.98 Å². The number of fused-ring (bicyclic) bond motifs is 1. The van der Waals surface area contributed by atoms with Crippen molar-refractivity contribution in [1.29, 1.82) is 5.26 Å². The van der Waals surface area contributed by atoms with Crippen molar-refractivity contribution in [3.05, 3.63) is 60.2 Å². The van der Waals surface area contributed by atoms with Crippen molar-refractivity contribution in [3.8, 4) is 6.07 Å². The minimum Gasteiger partial charge on any atom is -0.319 e. The van der Waals surface area contributed by atoms with E-state index in [-0.39, 0.29) is 0 Å². The van der Waals surface area contributed by atoms with Gasteiger partial charge in [0.2, 0.25) is 0 Å². The van der Waals surface area contributed by atoms with Crippen LogP contribution in [0.3, 0.4) is 0 Å². The molecule has 0 aliphatic rings. The topological polar surface area (TPSA) is 41.6 Å². The molecule has 0 unspecified atom stereocenters. The quantitative estimate of drug-likeness (QED) is 0.504. The zero-order chi connectivity index (χ0) is 15.2. The molecule has 0 N–H and O–H groups in total. The number of aromatic nitrogens is 2. The highest BCUT2D eigenvalue weighted by Crippen LogP contribution is 2.25. The van der Waals surface area contributed by atoms with E-state index in [1.165, 1.54) is 5.56 Å². The third-order valence-electron chi connectivity index (χ3n) is 3.53. The van der Waals surface area contributed by atoms with E-state index in [0.29, 0.717) is 6.42 Å². The zero-order valence-electron chi connectivity index (χ0n) is 12.3. The molecule has 0 bridgehead atoms. The largest absolute Gasteiger partial charge is 0.319 e. The maximum absolute atomic E-state index is 8.71. The lowest BCUT2D eigenvalue weighted by molar-refractivity contribution is 0.652. The highest BCUT2D eigenvalue weighted by molar-refractivity contribution is 7.99. The Labute approximate surface area is 134 Å². The molecule has 0 aliphatic carbocycles. The van der Waals surface area contributed by atoms with Gasteiger partial charge in [0.15, 0.2) is 5.16 Å². The molecular weight excluding hydrogens is 290 g/mol. The van der Waals surface area contributed by atoms with Crippen molar-refractivity contribution in [2.24, 2.45) is 0 Å². The first-order chi connectivity index (χ1) is 10.9. The lowest BCUT2D eigenvalue weighted by Gasteiger charge is -2.08. The summed E-state index contributed by atoms with van der Waals surface area (Å²) in [7, 11) is 0. The summed E-state index contributed by atoms with van der Waals surface area (Å²) in [5, 5.41) is 9.72. The molecule has 0 spiro atoms. The Bertz CT molecular complexity index is 787. The molecule has 110 valence electrons. The molecule has 3 rings (SSSR count). The molecule has 0 fully saturated rings. The van der Waals surface area contributed by atoms with Crippen LogP contribution in [0.25, 0.3) is 11.0 Å². The lowest BCUT2D eigenvalue weighted by atomic mass is 10.1. The standard InChI is InChI=1S/C18H17N3S/c19-12-6-14-22-18-20-16-9-4-5-10-17(16)21(18)13-11-15-7-2-1-3-8-15/h1-5,7-10H,6,11,13-14H2. The number of benzene rings is 2. The summed E-state index contributed by atoms with van der Waals surface area (Å²) >= 11 is 1.66. The maximum Gasteiger partial charge on any atom is 0.169 e. The molecule has 22 heavy (non-hydrogen) atoms. The summed E-state index contributed by atoms with van der Waals surface area (Å²) in [5.41, 5.74) is 3.51. The fraction of sp³-hybridized carbons (Fsp3) is 0.222. The Kier molecular flexibility index (Phi) is 4.77. The highest BCUT2D eigenvalue weighted by atomic mass is 32.2. The van der Waals surface area contributed by atoms with Crippen LogP contribution < -0.4 is 0 Å². The van der Waals surface area contributed by atoms with Crippen molar-refractivity contribution >= 4 is 22.8 Å². The molecule has 4 heteroatoms. The van der Waals surface area contributed by atoms with Gasteiger partial charge in [-0.05, 0) is 24.1 Å². The number of para-hydroxylation sites is 2. The number of nitrogens with zero attached hydrogens (tertiary/aromatic N) is 3. The van der Waals surface area contributed by atoms with E-state index in [4.69, 9.17) is 10.2 Å². The van der Waals surface area contributed by atoms with Gasteiger partial charge < -0.3 is 4.57 Å². The van der Waals surface area contributed by atoms with E-state index >= 15 is 0 Å². The smallest absolute Gasteiger partial charge is 0.169 e. The number of rotatable bonds is 6. The Morgan fingerprint density at radius 3 is 2.64 bits per heavy atom. The first-order valence-corrected chi connectivity index (χ1v) is 8.36. The van der Waals surface area contributed by atoms with Crippen molar-refractivity contribution in [1.82, 2.24) is 9.55 Å². The molecule has 1 heterocycles. The summed E-state index contributed by atoms with van der Waals surface area (Å²) in [5.74, 6) is 0.783. The Morgan fingerprint density at radius 2 is 1.82 bits per heavy atom. The summed E-state index contributed by atoms with van der Waals surface area (Å²) < 4.78 is 2.27. The summed E-state index contributed by atoms with van der Waals surface area (Å²) in [4.78, 5) is 4.71. The van der Waals surface area contributed by atoms with Gasteiger partial charge >= 0.3 is 0 Å². The van der Waals surface area contributed by atoms with Crippen LogP contribution >= 0.6 is 11.8 Å².